The van der Waals surface area contributed by atoms with Crippen LogP contribution < -0.4 is 0 Å². The van der Waals surface area contributed by atoms with Gasteiger partial charge in [0.1, 0.15) is 5.82 Å². The molecule has 0 aliphatic carbocycles. The molecule has 0 bridgehead atoms. The zero-order valence-corrected chi connectivity index (χ0v) is 12.8. The number of aromatic nitrogens is 2. The molecule has 0 radical (unpaired) electrons. The number of hydrogen-bond donors (Lipinski definition) is 0. The van der Waals surface area contributed by atoms with E-state index in [-0.39, 0.29) is 5.91 Å². The number of carbonyl (C=O) groups excluding carboxylic acids is 1. The van der Waals surface area contributed by atoms with Gasteiger partial charge in [-0.3, -0.25) is 4.79 Å². The summed E-state index contributed by atoms with van der Waals surface area (Å²) in [5.74, 6) is 1.38. The SMILES string of the molecule is COCC1CN(C(=O)Cc2ccccc2)Cc2nccn2C1. The number of nitrogens with zero attached hydrogens (tertiary/aromatic N) is 3. The van der Waals surface area contributed by atoms with Gasteiger partial charge in [-0.05, 0) is 5.56 Å². The van der Waals surface area contributed by atoms with Crippen LogP contribution in [0.1, 0.15) is 11.4 Å². The minimum atomic E-state index is 0.142. The summed E-state index contributed by atoms with van der Waals surface area (Å²) >= 11 is 0. The lowest BCUT2D eigenvalue weighted by atomic mass is 10.1. The minimum absolute atomic E-state index is 0.142. The number of rotatable bonds is 4. The van der Waals surface area contributed by atoms with E-state index < -0.39 is 0 Å². The molecule has 2 heterocycles. The van der Waals surface area contributed by atoms with Crippen molar-refractivity contribution in [3.63, 3.8) is 0 Å². The highest BCUT2D eigenvalue weighted by Gasteiger charge is 2.25. The number of benzene rings is 1. The zero-order chi connectivity index (χ0) is 15.4. The van der Waals surface area contributed by atoms with Crippen LogP contribution in [0, 0.1) is 5.92 Å². The Labute approximate surface area is 130 Å². The minimum Gasteiger partial charge on any atom is -0.384 e. The second kappa shape index (κ2) is 6.75. The Bertz CT molecular complexity index is 624. The van der Waals surface area contributed by atoms with E-state index in [1.54, 1.807) is 13.3 Å². The van der Waals surface area contributed by atoms with Crippen LogP contribution in [0.2, 0.25) is 0 Å². The normalized spacial score (nSPS) is 17.9. The molecule has 5 nitrogen and oxygen atoms in total. The molecular formula is C17H21N3O2. The molecular weight excluding hydrogens is 278 g/mol. The van der Waals surface area contributed by atoms with Crippen molar-refractivity contribution in [3.8, 4) is 0 Å². The number of fused-ring (bicyclic) bond motifs is 1. The monoisotopic (exact) mass is 299 g/mol. The summed E-state index contributed by atoms with van der Waals surface area (Å²) in [4.78, 5) is 18.9. The molecule has 0 saturated heterocycles. The van der Waals surface area contributed by atoms with Gasteiger partial charge in [0.15, 0.2) is 0 Å². The first-order chi connectivity index (χ1) is 10.8. The second-order valence-electron chi connectivity index (χ2n) is 5.75. The summed E-state index contributed by atoms with van der Waals surface area (Å²) < 4.78 is 7.43. The summed E-state index contributed by atoms with van der Waals surface area (Å²) in [6, 6.07) is 9.87. The van der Waals surface area contributed by atoms with Crippen molar-refractivity contribution in [2.24, 2.45) is 5.92 Å². The van der Waals surface area contributed by atoms with Gasteiger partial charge >= 0.3 is 0 Å². The van der Waals surface area contributed by atoms with Crippen molar-refractivity contribution in [3.05, 3.63) is 54.1 Å². The number of hydrogen-bond acceptors (Lipinski definition) is 3. The number of amides is 1. The third-order valence-corrected chi connectivity index (χ3v) is 4.02. The molecule has 1 unspecified atom stereocenters. The molecule has 116 valence electrons. The van der Waals surface area contributed by atoms with Gasteiger partial charge in [0.25, 0.3) is 0 Å². The first-order valence-electron chi connectivity index (χ1n) is 7.57. The quantitative estimate of drug-likeness (QED) is 0.864. The molecule has 3 rings (SSSR count). The molecule has 1 amide bonds. The van der Waals surface area contributed by atoms with E-state index in [4.69, 9.17) is 4.74 Å². The Morgan fingerprint density at radius 3 is 2.91 bits per heavy atom. The van der Waals surface area contributed by atoms with Gasteiger partial charge < -0.3 is 14.2 Å². The number of carbonyl (C=O) groups is 1. The fraction of sp³-hybridized carbons (Fsp3) is 0.412. The third kappa shape index (κ3) is 3.36. The first kappa shape index (κ1) is 14.8. The topological polar surface area (TPSA) is 47.4 Å². The summed E-state index contributed by atoms with van der Waals surface area (Å²) in [5, 5.41) is 0. The summed E-state index contributed by atoms with van der Waals surface area (Å²) in [5.41, 5.74) is 1.04. The van der Waals surface area contributed by atoms with E-state index in [1.807, 2.05) is 41.4 Å². The highest BCUT2D eigenvalue weighted by atomic mass is 16.5. The largest absolute Gasteiger partial charge is 0.384 e. The van der Waals surface area contributed by atoms with Gasteiger partial charge in [-0.2, -0.15) is 0 Å². The van der Waals surface area contributed by atoms with Crippen LogP contribution in [-0.2, 0) is 29.0 Å². The van der Waals surface area contributed by atoms with Gasteiger partial charge in [0.05, 0.1) is 19.6 Å². The summed E-state index contributed by atoms with van der Waals surface area (Å²) in [6.07, 6.45) is 4.20. The van der Waals surface area contributed by atoms with Crippen LogP contribution in [-0.4, -0.2) is 40.6 Å². The van der Waals surface area contributed by atoms with E-state index in [9.17, 15) is 4.79 Å². The van der Waals surface area contributed by atoms with Crippen LogP contribution in [0.5, 0.6) is 0 Å². The fourth-order valence-electron chi connectivity index (χ4n) is 2.95. The molecule has 1 aromatic carbocycles. The van der Waals surface area contributed by atoms with Gasteiger partial charge in [0.2, 0.25) is 5.91 Å². The van der Waals surface area contributed by atoms with Gasteiger partial charge in [0, 0.05) is 38.5 Å². The first-order valence-corrected chi connectivity index (χ1v) is 7.57. The molecule has 5 heteroatoms. The Hall–Kier alpha value is -2.14. The lowest BCUT2D eigenvalue weighted by molar-refractivity contribution is -0.131. The molecule has 1 atom stereocenters. The van der Waals surface area contributed by atoms with Crippen molar-refractivity contribution in [2.45, 2.75) is 19.5 Å². The predicted molar refractivity (Wildman–Crippen MR) is 83.2 cm³/mol. The fourth-order valence-corrected chi connectivity index (χ4v) is 2.95. The smallest absolute Gasteiger partial charge is 0.227 e. The molecule has 2 aromatic rings. The summed E-state index contributed by atoms with van der Waals surface area (Å²) in [6.45, 7) is 2.77. The van der Waals surface area contributed by atoms with Gasteiger partial charge in [-0.15, -0.1) is 0 Å². The molecule has 1 aromatic heterocycles. The van der Waals surface area contributed by atoms with E-state index in [0.717, 1.165) is 17.9 Å². The second-order valence-corrected chi connectivity index (χ2v) is 5.75. The molecule has 0 fully saturated rings. The van der Waals surface area contributed by atoms with Crippen LogP contribution >= 0.6 is 0 Å². The van der Waals surface area contributed by atoms with E-state index in [2.05, 4.69) is 9.55 Å². The maximum atomic E-state index is 12.6. The third-order valence-electron chi connectivity index (χ3n) is 4.02. The van der Waals surface area contributed by atoms with Crippen molar-refractivity contribution in [1.29, 1.82) is 0 Å². The molecule has 0 spiro atoms. The maximum absolute atomic E-state index is 12.6. The average Bonchev–Trinajstić information content (AvgIpc) is 2.87. The van der Waals surface area contributed by atoms with Crippen molar-refractivity contribution < 1.29 is 9.53 Å². The van der Waals surface area contributed by atoms with E-state index in [0.29, 0.717) is 32.0 Å². The average molecular weight is 299 g/mol. The van der Waals surface area contributed by atoms with Crippen LogP contribution in [0.4, 0.5) is 0 Å². The van der Waals surface area contributed by atoms with E-state index in [1.165, 1.54) is 0 Å². The van der Waals surface area contributed by atoms with E-state index >= 15 is 0 Å². The Kier molecular flexibility index (Phi) is 4.53. The molecule has 1 aliphatic rings. The summed E-state index contributed by atoms with van der Waals surface area (Å²) in [7, 11) is 1.70. The Morgan fingerprint density at radius 1 is 1.32 bits per heavy atom. The zero-order valence-electron chi connectivity index (χ0n) is 12.8. The standard InChI is InChI=1S/C17H21N3O2/c1-22-13-15-10-19-8-7-18-16(19)12-20(11-15)17(21)9-14-5-3-2-4-6-14/h2-8,15H,9-13H2,1H3. The van der Waals surface area contributed by atoms with Gasteiger partial charge in [-0.25, -0.2) is 4.98 Å². The van der Waals surface area contributed by atoms with Crippen molar-refractivity contribution in [1.82, 2.24) is 14.5 Å². The number of ether oxygens (including phenoxy) is 1. The maximum Gasteiger partial charge on any atom is 0.227 e. The number of methoxy groups -OCH3 is 1. The van der Waals surface area contributed by atoms with Crippen LogP contribution in [0.25, 0.3) is 0 Å². The number of imidazole rings is 1. The molecule has 0 saturated carbocycles. The van der Waals surface area contributed by atoms with Crippen molar-refractivity contribution >= 4 is 5.91 Å². The highest BCUT2D eigenvalue weighted by Crippen LogP contribution is 2.17. The Morgan fingerprint density at radius 2 is 2.14 bits per heavy atom. The van der Waals surface area contributed by atoms with Crippen molar-refractivity contribution in [2.75, 3.05) is 20.3 Å². The molecule has 22 heavy (non-hydrogen) atoms. The lowest BCUT2D eigenvalue weighted by Gasteiger charge is -2.23. The lowest BCUT2D eigenvalue weighted by Crippen LogP contribution is -2.36. The Balaban J connectivity index is 1.75. The van der Waals surface area contributed by atoms with Gasteiger partial charge in [-0.1, -0.05) is 30.3 Å². The predicted octanol–water partition coefficient (Wildman–Crippen LogP) is 1.73. The molecule has 1 aliphatic heterocycles. The van der Waals surface area contributed by atoms with Crippen LogP contribution in [0.3, 0.4) is 0 Å². The highest BCUT2D eigenvalue weighted by molar-refractivity contribution is 5.78. The molecule has 0 N–H and O–H groups in total. The van der Waals surface area contributed by atoms with Crippen LogP contribution in [0.15, 0.2) is 42.7 Å².